The molecule has 0 aliphatic rings. The Morgan fingerprint density at radius 2 is 0.851 bits per heavy atom. The van der Waals surface area contributed by atoms with Gasteiger partial charge >= 0.3 is 0 Å². The van der Waals surface area contributed by atoms with Crippen LogP contribution < -0.4 is 0 Å². The van der Waals surface area contributed by atoms with E-state index < -0.39 is 0 Å². The Bertz CT molecular complexity index is 2780. The lowest BCUT2D eigenvalue weighted by Crippen LogP contribution is -1.92. The molecule has 10 aromatic rings. The van der Waals surface area contributed by atoms with Gasteiger partial charge in [-0.2, -0.15) is 0 Å². The number of hydrogen-bond acceptors (Lipinski definition) is 1. The number of furan rings is 1. The average molecular weight is 597 g/mol. The van der Waals surface area contributed by atoms with E-state index in [1.54, 1.807) is 0 Å². The topological polar surface area (TPSA) is 13.1 Å². The molecule has 0 radical (unpaired) electrons. The maximum absolute atomic E-state index is 6.71. The molecule has 0 aliphatic heterocycles. The largest absolute Gasteiger partial charge is 0.455 e. The third-order valence-electron chi connectivity index (χ3n) is 9.80. The first-order valence-electron chi connectivity index (χ1n) is 16.2. The fourth-order valence-electron chi connectivity index (χ4n) is 7.72. The number of hydrogen-bond donors (Lipinski definition) is 0. The van der Waals surface area contributed by atoms with Crippen LogP contribution in [0, 0.1) is 0 Å². The molecule has 0 spiro atoms. The van der Waals surface area contributed by atoms with Gasteiger partial charge in [0.1, 0.15) is 11.2 Å². The summed E-state index contributed by atoms with van der Waals surface area (Å²) in [6, 6.07) is 61.5. The van der Waals surface area contributed by atoms with Gasteiger partial charge in [0.15, 0.2) is 0 Å². The molecule has 218 valence electrons. The third-order valence-corrected chi connectivity index (χ3v) is 9.80. The van der Waals surface area contributed by atoms with Crippen molar-refractivity contribution in [2.75, 3.05) is 0 Å². The number of benzene rings is 9. The van der Waals surface area contributed by atoms with Crippen LogP contribution in [0.25, 0.3) is 98.4 Å². The van der Waals surface area contributed by atoms with Crippen molar-refractivity contribution in [2.45, 2.75) is 0 Å². The zero-order chi connectivity index (χ0) is 30.9. The van der Waals surface area contributed by atoms with E-state index in [4.69, 9.17) is 4.42 Å². The molecule has 0 aliphatic carbocycles. The van der Waals surface area contributed by atoms with E-state index in [0.717, 1.165) is 33.1 Å². The number of rotatable bonds is 3. The monoisotopic (exact) mass is 596 g/mol. The fraction of sp³-hybridized carbons (Fsp3) is 0. The summed E-state index contributed by atoms with van der Waals surface area (Å²) in [7, 11) is 0. The van der Waals surface area contributed by atoms with E-state index in [1.165, 1.54) is 65.3 Å². The maximum atomic E-state index is 6.71. The van der Waals surface area contributed by atoms with Crippen molar-refractivity contribution in [3.05, 3.63) is 170 Å². The summed E-state index contributed by atoms with van der Waals surface area (Å²) in [6.07, 6.45) is 0. The highest BCUT2D eigenvalue weighted by molar-refractivity contribution is 6.24. The molecule has 0 unspecified atom stereocenters. The molecule has 1 aromatic heterocycles. The molecule has 0 saturated carbocycles. The highest BCUT2D eigenvalue weighted by Crippen LogP contribution is 2.47. The van der Waals surface area contributed by atoms with Gasteiger partial charge in [0, 0.05) is 16.3 Å². The van der Waals surface area contributed by atoms with Gasteiger partial charge in [-0.1, -0.05) is 146 Å². The van der Waals surface area contributed by atoms with Crippen molar-refractivity contribution in [1.82, 2.24) is 0 Å². The molecule has 0 fully saturated rings. The molecule has 0 saturated heterocycles. The Kier molecular flexibility index (Phi) is 5.64. The second kappa shape index (κ2) is 10.2. The van der Waals surface area contributed by atoms with E-state index in [2.05, 4.69) is 170 Å². The van der Waals surface area contributed by atoms with Crippen molar-refractivity contribution in [3.8, 4) is 33.4 Å². The van der Waals surface area contributed by atoms with Crippen molar-refractivity contribution in [3.63, 3.8) is 0 Å². The lowest BCUT2D eigenvalue weighted by molar-refractivity contribution is 0.670. The van der Waals surface area contributed by atoms with E-state index in [-0.39, 0.29) is 0 Å². The average Bonchev–Trinajstić information content (AvgIpc) is 3.50. The van der Waals surface area contributed by atoms with Gasteiger partial charge in [-0.3, -0.25) is 0 Å². The van der Waals surface area contributed by atoms with Gasteiger partial charge in [0.05, 0.1) is 0 Å². The van der Waals surface area contributed by atoms with Crippen LogP contribution in [0.15, 0.2) is 174 Å². The third kappa shape index (κ3) is 3.97. The molecule has 0 atom stereocenters. The molecule has 10 rings (SSSR count). The molecule has 1 nitrogen and oxygen atoms in total. The normalized spacial score (nSPS) is 11.8. The lowest BCUT2D eigenvalue weighted by atomic mass is 9.83. The Morgan fingerprint density at radius 3 is 1.55 bits per heavy atom. The second-order valence-electron chi connectivity index (χ2n) is 12.4. The van der Waals surface area contributed by atoms with E-state index >= 15 is 0 Å². The van der Waals surface area contributed by atoms with Crippen molar-refractivity contribution in [2.24, 2.45) is 0 Å². The SMILES string of the molecule is c1ccc(-c2c3ccccc3c(-c3cc(-c4cccc5c4oc4cc6ccccc6cc45)cc4ccccc34)c3ccccc23)cc1. The van der Waals surface area contributed by atoms with Crippen LogP contribution in [-0.2, 0) is 0 Å². The first kappa shape index (κ1) is 26.1. The zero-order valence-electron chi connectivity index (χ0n) is 25.6. The minimum absolute atomic E-state index is 0.917. The Hall–Kier alpha value is -6.18. The first-order valence-corrected chi connectivity index (χ1v) is 16.2. The van der Waals surface area contributed by atoms with Crippen LogP contribution in [0.2, 0.25) is 0 Å². The number of fused-ring (bicyclic) bond motifs is 7. The summed E-state index contributed by atoms with van der Waals surface area (Å²) >= 11 is 0. The van der Waals surface area contributed by atoms with Crippen LogP contribution in [0.5, 0.6) is 0 Å². The zero-order valence-corrected chi connectivity index (χ0v) is 25.6. The standard InChI is InChI=1S/C46H28O/c1-2-13-29(14-3-1)44-36-19-8-10-21-38(36)45(39-22-11-9-20-37(39)44)42-27-33(25-32-17-6-7-18-34(32)42)35-23-12-24-40-41-26-30-15-4-5-16-31(30)28-43(41)47-46(35)40/h1-28H. The van der Waals surface area contributed by atoms with Crippen LogP contribution in [0.3, 0.4) is 0 Å². The molecule has 0 N–H and O–H groups in total. The van der Waals surface area contributed by atoms with Crippen LogP contribution >= 0.6 is 0 Å². The first-order chi connectivity index (χ1) is 23.3. The molecular formula is C46H28O. The van der Waals surface area contributed by atoms with Gasteiger partial charge in [-0.05, 0) is 95.2 Å². The molecule has 1 heteroatoms. The maximum Gasteiger partial charge on any atom is 0.143 e. The smallest absolute Gasteiger partial charge is 0.143 e. The lowest BCUT2D eigenvalue weighted by Gasteiger charge is -2.19. The molecule has 0 bridgehead atoms. The Morgan fingerprint density at radius 1 is 0.298 bits per heavy atom. The predicted molar refractivity (Wildman–Crippen MR) is 200 cm³/mol. The Labute approximate surface area is 271 Å². The van der Waals surface area contributed by atoms with Gasteiger partial charge in [0.25, 0.3) is 0 Å². The fourth-order valence-corrected chi connectivity index (χ4v) is 7.72. The quantitative estimate of drug-likeness (QED) is 0.185. The van der Waals surface area contributed by atoms with Gasteiger partial charge < -0.3 is 4.42 Å². The van der Waals surface area contributed by atoms with Gasteiger partial charge in [-0.25, -0.2) is 0 Å². The molecular weight excluding hydrogens is 569 g/mol. The minimum Gasteiger partial charge on any atom is -0.455 e. The molecule has 47 heavy (non-hydrogen) atoms. The van der Waals surface area contributed by atoms with Crippen molar-refractivity contribution in [1.29, 1.82) is 0 Å². The minimum atomic E-state index is 0.917. The van der Waals surface area contributed by atoms with Crippen LogP contribution in [0.4, 0.5) is 0 Å². The summed E-state index contributed by atoms with van der Waals surface area (Å²) in [6.45, 7) is 0. The highest BCUT2D eigenvalue weighted by atomic mass is 16.3. The second-order valence-corrected chi connectivity index (χ2v) is 12.4. The van der Waals surface area contributed by atoms with Gasteiger partial charge in [-0.15, -0.1) is 0 Å². The predicted octanol–water partition coefficient (Wildman–Crippen LogP) is 13.2. The summed E-state index contributed by atoms with van der Waals surface area (Å²) in [4.78, 5) is 0. The summed E-state index contributed by atoms with van der Waals surface area (Å²) in [5.74, 6) is 0. The van der Waals surface area contributed by atoms with E-state index in [0.29, 0.717) is 0 Å². The van der Waals surface area contributed by atoms with Crippen LogP contribution in [0.1, 0.15) is 0 Å². The Balaban J connectivity index is 1.31. The van der Waals surface area contributed by atoms with Crippen LogP contribution in [-0.4, -0.2) is 0 Å². The van der Waals surface area contributed by atoms with Gasteiger partial charge in [0.2, 0.25) is 0 Å². The number of para-hydroxylation sites is 1. The summed E-state index contributed by atoms with van der Waals surface area (Å²) in [5.41, 5.74) is 9.09. The molecule has 0 amide bonds. The highest BCUT2D eigenvalue weighted by Gasteiger charge is 2.20. The van der Waals surface area contributed by atoms with E-state index in [1.807, 2.05) is 0 Å². The van der Waals surface area contributed by atoms with E-state index in [9.17, 15) is 0 Å². The van der Waals surface area contributed by atoms with Crippen molar-refractivity contribution >= 4 is 65.0 Å². The van der Waals surface area contributed by atoms with Crippen molar-refractivity contribution < 1.29 is 4.42 Å². The molecule has 9 aromatic carbocycles. The molecule has 1 heterocycles. The summed E-state index contributed by atoms with van der Waals surface area (Å²) < 4.78 is 6.71. The summed E-state index contributed by atoms with van der Waals surface area (Å²) in [5, 5.41) is 12.2.